The predicted molar refractivity (Wildman–Crippen MR) is 107 cm³/mol. The zero-order valence-electron chi connectivity index (χ0n) is 17.0. The Bertz CT molecular complexity index is 623. The maximum Gasteiger partial charge on any atom is 0.254 e. The monoisotopic (exact) mass is 374 g/mol. The average Bonchev–Trinajstić information content (AvgIpc) is 3.21. The number of carbonyl (C=O) groups excluding carboxylic acids is 1. The normalized spacial score (nSPS) is 22.1. The Hall–Kier alpha value is -1.43. The lowest BCUT2D eigenvalue weighted by Crippen LogP contribution is -2.57. The van der Waals surface area contributed by atoms with Gasteiger partial charge in [0, 0.05) is 36.8 Å². The van der Waals surface area contributed by atoms with Crippen LogP contribution in [0.15, 0.2) is 24.3 Å². The molecule has 5 heteroatoms. The van der Waals surface area contributed by atoms with Gasteiger partial charge in [0.2, 0.25) is 0 Å². The van der Waals surface area contributed by atoms with Gasteiger partial charge in [0.1, 0.15) is 0 Å². The SMILES string of the molecule is Cc1ccc(C(=O)N(CC2CN(C(C)(C)CO)CCO2)C2CCCC2)cc1. The maximum absolute atomic E-state index is 13.3. The van der Waals surface area contributed by atoms with Gasteiger partial charge in [0.05, 0.1) is 19.3 Å². The van der Waals surface area contributed by atoms with Gasteiger partial charge in [0.15, 0.2) is 0 Å². The fourth-order valence-electron chi connectivity index (χ4n) is 4.17. The second-order valence-corrected chi connectivity index (χ2v) is 8.67. The van der Waals surface area contributed by atoms with Crippen LogP contribution in [0.1, 0.15) is 55.5 Å². The summed E-state index contributed by atoms with van der Waals surface area (Å²) >= 11 is 0. The van der Waals surface area contributed by atoms with Crippen LogP contribution >= 0.6 is 0 Å². The molecule has 1 unspecified atom stereocenters. The quantitative estimate of drug-likeness (QED) is 0.832. The molecule has 3 rings (SSSR count). The minimum absolute atomic E-state index is 0.0143. The zero-order valence-corrected chi connectivity index (χ0v) is 17.0. The van der Waals surface area contributed by atoms with E-state index in [4.69, 9.17) is 4.74 Å². The molecule has 2 aliphatic rings. The second-order valence-electron chi connectivity index (χ2n) is 8.67. The van der Waals surface area contributed by atoms with Crippen LogP contribution in [0.3, 0.4) is 0 Å². The van der Waals surface area contributed by atoms with E-state index >= 15 is 0 Å². The van der Waals surface area contributed by atoms with Crippen LogP contribution in [-0.2, 0) is 4.74 Å². The maximum atomic E-state index is 13.3. The minimum atomic E-state index is -0.263. The molecular weight excluding hydrogens is 340 g/mol. The summed E-state index contributed by atoms with van der Waals surface area (Å²) in [5.41, 5.74) is 1.66. The third kappa shape index (κ3) is 4.89. The molecule has 0 aromatic heterocycles. The lowest BCUT2D eigenvalue weighted by Gasteiger charge is -2.44. The van der Waals surface area contributed by atoms with Crippen molar-refractivity contribution in [1.29, 1.82) is 0 Å². The van der Waals surface area contributed by atoms with E-state index in [1.54, 1.807) is 0 Å². The van der Waals surface area contributed by atoms with Gasteiger partial charge in [-0.05, 0) is 45.7 Å². The molecule has 1 saturated carbocycles. The van der Waals surface area contributed by atoms with Crippen LogP contribution in [0.5, 0.6) is 0 Å². The van der Waals surface area contributed by atoms with Crippen molar-refractivity contribution in [1.82, 2.24) is 9.80 Å². The lowest BCUT2D eigenvalue weighted by atomic mass is 10.0. The summed E-state index contributed by atoms with van der Waals surface area (Å²) in [7, 11) is 0. The molecule has 27 heavy (non-hydrogen) atoms. The fraction of sp³-hybridized carbons (Fsp3) is 0.682. The number of rotatable bonds is 6. The molecule has 5 nitrogen and oxygen atoms in total. The summed E-state index contributed by atoms with van der Waals surface area (Å²) in [6, 6.07) is 8.18. The van der Waals surface area contributed by atoms with Crippen LogP contribution in [-0.4, -0.2) is 71.3 Å². The molecule has 1 aromatic carbocycles. The number of carbonyl (C=O) groups is 1. The van der Waals surface area contributed by atoms with Gasteiger partial charge in [-0.1, -0.05) is 30.5 Å². The molecule has 150 valence electrons. The molecule has 1 heterocycles. The van der Waals surface area contributed by atoms with E-state index < -0.39 is 0 Å². The molecule has 1 saturated heterocycles. The Morgan fingerprint density at radius 3 is 2.56 bits per heavy atom. The summed E-state index contributed by atoms with van der Waals surface area (Å²) in [6.45, 7) is 9.10. The van der Waals surface area contributed by atoms with Gasteiger partial charge in [-0.25, -0.2) is 0 Å². The van der Waals surface area contributed by atoms with Crippen molar-refractivity contribution in [2.45, 2.75) is 64.1 Å². The molecule has 1 aromatic rings. The number of ether oxygens (including phenoxy) is 1. The van der Waals surface area contributed by atoms with Crippen LogP contribution < -0.4 is 0 Å². The highest BCUT2D eigenvalue weighted by Gasteiger charge is 2.35. The van der Waals surface area contributed by atoms with Crippen LogP contribution in [0.2, 0.25) is 0 Å². The summed E-state index contributed by atoms with van der Waals surface area (Å²) in [6.07, 6.45) is 4.53. The van der Waals surface area contributed by atoms with Crippen molar-refractivity contribution in [2.75, 3.05) is 32.8 Å². The van der Waals surface area contributed by atoms with Crippen molar-refractivity contribution in [3.63, 3.8) is 0 Å². The Balaban J connectivity index is 1.73. The molecule has 1 N–H and O–H groups in total. The van der Waals surface area contributed by atoms with Crippen LogP contribution in [0.4, 0.5) is 0 Å². The Morgan fingerprint density at radius 1 is 1.26 bits per heavy atom. The smallest absolute Gasteiger partial charge is 0.254 e. The van der Waals surface area contributed by atoms with Gasteiger partial charge in [-0.2, -0.15) is 0 Å². The highest BCUT2D eigenvalue weighted by Crippen LogP contribution is 2.27. The predicted octanol–water partition coefficient (Wildman–Crippen LogP) is 2.85. The van der Waals surface area contributed by atoms with Crippen LogP contribution in [0.25, 0.3) is 0 Å². The highest BCUT2D eigenvalue weighted by molar-refractivity contribution is 5.94. The first-order chi connectivity index (χ1) is 12.9. The van der Waals surface area contributed by atoms with E-state index in [0.29, 0.717) is 19.2 Å². The number of amides is 1. The van der Waals surface area contributed by atoms with Gasteiger partial charge in [0.25, 0.3) is 5.91 Å². The van der Waals surface area contributed by atoms with Gasteiger partial charge >= 0.3 is 0 Å². The third-order valence-corrected chi connectivity index (χ3v) is 6.11. The van der Waals surface area contributed by atoms with Gasteiger partial charge < -0.3 is 14.7 Å². The van der Waals surface area contributed by atoms with E-state index in [1.807, 2.05) is 31.2 Å². The molecule has 1 amide bonds. The number of aliphatic hydroxyl groups is 1. The van der Waals surface area contributed by atoms with E-state index in [9.17, 15) is 9.90 Å². The molecule has 1 aliphatic heterocycles. The topological polar surface area (TPSA) is 53.0 Å². The Morgan fingerprint density at radius 2 is 1.93 bits per heavy atom. The molecule has 0 radical (unpaired) electrons. The number of benzene rings is 1. The second kappa shape index (κ2) is 8.72. The van der Waals surface area contributed by atoms with E-state index in [2.05, 4.69) is 23.6 Å². The fourth-order valence-corrected chi connectivity index (χ4v) is 4.17. The molecule has 1 atom stereocenters. The molecule has 0 spiro atoms. The van der Waals surface area contributed by atoms with E-state index in [1.165, 1.54) is 12.8 Å². The molecule has 2 fully saturated rings. The Labute approximate surface area is 163 Å². The molecule has 1 aliphatic carbocycles. The largest absolute Gasteiger partial charge is 0.394 e. The van der Waals surface area contributed by atoms with Crippen molar-refractivity contribution in [3.05, 3.63) is 35.4 Å². The van der Waals surface area contributed by atoms with E-state index in [-0.39, 0.29) is 24.2 Å². The summed E-state index contributed by atoms with van der Waals surface area (Å²) in [4.78, 5) is 17.6. The average molecular weight is 375 g/mol. The standard InChI is InChI=1S/C22H34N2O3/c1-17-8-10-18(11-9-17)21(26)24(19-6-4-5-7-19)15-20-14-23(12-13-27-20)22(2,3)16-25/h8-11,19-20,25H,4-7,12-16H2,1-3H3. The van der Waals surface area contributed by atoms with Gasteiger partial charge in [-0.15, -0.1) is 0 Å². The van der Waals surface area contributed by atoms with Crippen molar-refractivity contribution >= 4 is 5.91 Å². The van der Waals surface area contributed by atoms with E-state index in [0.717, 1.165) is 37.1 Å². The van der Waals surface area contributed by atoms with Crippen molar-refractivity contribution in [2.24, 2.45) is 0 Å². The number of hydrogen-bond donors (Lipinski definition) is 1. The number of hydrogen-bond acceptors (Lipinski definition) is 4. The van der Waals surface area contributed by atoms with Crippen molar-refractivity contribution < 1.29 is 14.6 Å². The number of aryl methyl sites for hydroxylation is 1. The number of morpholine rings is 1. The summed E-state index contributed by atoms with van der Waals surface area (Å²) in [5.74, 6) is 0.115. The molecule has 0 bridgehead atoms. The Kier molecular flexibility index (Phi) is 6.56. The van der Waals surface area contributed by atoms with Gasteiger partial charge in [-0.3, -0.25) is 9.69 Å². The number of aliphatic hydroxyl groups excluding tert-OH is 1. The summed E-state index contributed by atoms with van der Waals surface area (Å²) in [5, 5.41) is 9.70. The minimum Gasteiger partial charge on any atom is -0.394 e. The molecular formula is C22H34N2O3. The third-order valence-electron chi connectivity index (χ3n) is 6.11. The zero-order chi connectivity index (χ0) is 19.4. The summed E-state index contributed by atoms with van der Waals surface area (Å²) < 4.78 is 6.03. The number of nitrogens with zero attached hydrogens (tertiary/aromatic N) is 2. The van der Waals surface area contributed by atoms with Crippen LogP contribution in [0, 0.1) is 6.92 Å². The first kappa shape index (κ1) is 20.3. The lowest BCUT2D eigenvalue weighted by molar-refractivity contribution is -0.0819. The van der Waals surface area contributed by atoms with Crippen molar-refractivity contribution in [3.8, 4) is 0 Å². The highest BCUT2D eigenvalue weighted by atomic mass is 16.5. The first-order valence-electron chi connectivity index (χ1n) is 10.3. The first-order valence-corrected chi connectivity index (χ1v) is 10.3.